The smallest absolute Gasteiger partial charge is 0.127 e. The highest BCUT2D eigenvalue weighted by molar-refractivity contribution is 5.59. The maximum atomic E-state index is 5.65. The van der Waals surface area contributed by atoms with Crippen LogP contribution in [-0.4, -0.2) is 17.1 Å². The lowest BCUT2D eigenvalue weighted by molar-refractivity contribution is 0.415. The summed E-state index contributed by atoms with van der Waals surface area (Å²) in [6, 6.07) is 9.11. The van der Waals surface area contributed by atoms with Crippen molar-refractivity contribution < 1.29 is 4.74 Å². The first-order valence-electron chi connectivity index (χ1n) is 4.52. The first-order valence-corrected chi connectivity index (χ1v) is 4.52. The van der Waals surface area contributed by atoms with Crippen LogP contribution >= 0.6 is 0 Å². The van der Waals surface area contributed by atoms with Gasteiger partial charge in [-0.05, 0) is 12.1 Å². The Kier molecular flexibility index (Phi) is 2.49. The summed E-state index contributed by atoms with van der Waals surface area (Å²) in [5.41, 5.74) is 7.15. The second kappa shape index (κ2) is 3.96. The van der Waals surface area contributed by atoms with Crippen LogP contribution in [0, 0.1) is 0 Å². The number of nitrogens with zero attached hydrogens (tertiary/aromatic N) is 2. The number of ether oxygens (including phenoxy) is 1. The van der Waals surface area contributed by atoms with E-state index in [1.807, 2.05) is 18.2 Å². The number of hydrogen-bond acceptors (Lipinski definition) is 4. The molecule has 0 aromatic carbocycles. The number of aromatic nitrogens is 2. The van der Waals surface area contributed by atoms with Crippen molar-refractivity contribution in [2.45, 2.75) is 0 Å². The molecule has 0 saturated carbocycles. The third-order valence-electron chi connectivity index (χ3n) is 1.98. The lowest BCUT2D eigenvalue weighted by Crippen LogP contribution is -1.95. The number of rotatable bonds is 2. The Bertz CT molecular complexity index is 457. The van der Waals surface area contributed by atoms with Crippen LogP contribution in [0.15, 0.2) is 36.5 Å². The van der Waals surface area contributed by atoms with Gasteiger partial charge in [0.05, 0.1) is 18.5 Å². The van der Waals surface area contributed by atoms with E-state index in [9.17, 15) is 0 Å². The molecular formula is C11H11N3O. The summed E-state index contributed by atoms with van der Waals surface area (Å²) in [5.74, 6) is 1.11. The third-order valence-corrected chi connectivity index (χ3v) is 1.98. The molecule has 2 aromatic heterocycles. The third kappa shape index (κ3) is 2.04. The maximum absolute atomic E-state index is 5.65. The second-order valence-corrected chi connectivity index (χ2v) is 3.03. The van der Waals surface area contributed by atoms with E-state index in [2.05, 4.69) is 9.97 Å². The summed E-state index contributed by atoms with van der Waals surface area (Å²) in [7, 11) is 1.59. The molecule has 4 nitrogen and oxygen atoms in total. The van der Waals surface area contributed by atoms with E-state index in [1.54, 1.807) is 25.4 Å². The largest absolute Gasteiger partial charge is 0.497 e. The highest BCUT2D eigenvalue weighted by atomic mass is 16.5. The molecule has 0 unspecified atom stereocenters. The Morgan fingerprint density at radius 1 is 1.20 bits per heavy atom. The monoisotopic (exact) mass is 201 g/mol. The van der Waals surface area contributed by atoms with Gasteiger partial charge in [-0.1, -0.05) is 6.07 Å². The molecule has 0 radical (unpaired) electrons. The van der Waals surface area contributed by atoms with Crippen molar-refractivity contribution in [3.63, 3.8) is 0 Å². The van der Waals surface area contributed by atoms with Gasteiger partial charge in [0.15, 0.2) is 0 Å². The zero-order chi connectivity index (χ0) is 10.7. The van der Waals surface area contributed by atoms with Crippen molar-refractivity contribution in [2.75, 3.05) is 12.8 Å². The second-order valence-electron chi connectivity index (χ2n) is 3.03. The topological polar surface area (TPSA) is 61.0 Å². The first-order chi connectivity index (χ1) is 7.29. The summed E-state index contributed by atoms with van der Waals surface area (Å²) in [5, 5.41) is 0. The lowest BCUT2D eigenvalue weighted by atomic mass is 10.2. The minimum Gasteiger partial charge on any atom is -0.497 e. The molecule has 0 bridgehead atoms. The van der Waals surface area contributed by atoms with Gasteiger partial charge in [0, 0.05) is 18.3 Å². The molecule has 4 heteroatoms. The molecule has 0 aliphatic heterocycles. The molecule has 2 rings (SSSR count). The number of nitrogen functional groups attached to an aromatic ring is 1. The van der Waals surface area contributed by atoms with Crippen LogP contribution in [0.2, 0.25) is 0 Å². The van der Waals surface area contributed by atoms with Crippen molar-refractivity contribution in [1.82, 2.24) is 9.97 Å². The van der Waals surface area contributed by atoms with E-state index in [0.29, 0.717) is 17.3 Å². The Labute approximate surface area is 87.7 Å². The van der Waals surface area contributed by atoms with E-state index < -0.39 is 0 Å². The Morgan fingerprint density at radius 2 is 2.07 bits per heavy atom. The van der Waals surface area contributed by atoms with Gasteiger partial charge in [-0.3, -0.25) is 4.98 Å². The van der Waals surface area contributed by atoms with Crippen LogP contribution in [-0.2, 0) is 0 Å². The standard InChI is InChI=1S/C11H11N3O/c1-15-8-6-10(14-11(12)7-8)9-4-2-3-5-13-9/h2-7H,1H3,(H2,12,14). The maximum Gasteiger partial charge on any atom is 0.127 e. The molecule has 0 aliphatic rings. The van der Waals surface area contributed by atoms with Gasteiger partial charge < -0.3 is 10.5 Å². The Balaban J connectivity index is 2.49. The fraction of sp³-hybridized carbons (Fsp3) is 0.0909. The van der Waals surface area contributed by atoms with Crippen molar-refractivity contribution in [3.05, 3.63) is 36.5 Å². The SMILES string of the molecule is COc1cc(N)nc(-c2ccccn2)c1. The van der Waals surface area contributed by atoms with Crippen molar-refractivity contribution >= 4 is 5.82 Å². The number of methoxy groups -OCH3 is 1. The van der Waals surface area contributed by atoms with Crippen LogP contribution in [0.1, 0.15) is 0 Å². The predicted molar refractivity (Wildman–Crippen MR) is 58.4 cm³/mol. The van der Waals surface area contributed by atoms with Gasteiger partial charge >= 0.3 is 0 Å². The Morgan fingerprint density at radius 3 is 2.73 bits per heavy atom. The number of hydrogen-bond donors (Lipinski definition) is 1. The molecule has 0 aliphatic carbocycles. The molecular weight excluding hydrogens is 190 g/mol. The predicted octanol–water partition coefficient (Wildman–Crippen LogP) is 1.73. The van der Waals surface area contributed by atoms with Crippen LogP contribution in [0.5, 0.6) is 5.75 Å². The van der Waals surface area contributed by atoms with Gasteiger partial charge in [-0.2, -0.15) is 0 Å². The van der Waals surface area contributed by atoms with E-state index in [-0.39, 0.29) is 0 Å². The fourth-order valence-electron chi connectivity index (χ4n) is 1.29. The fourth-order valence-corrected chi connectivity index (χ4v) is 1.29. The molecule has 0 saturated heterocycles. The van der Waals surface area contributed by atoms with Crippen molar-refractivity contribution in [2.24, 2.45) is 0 Å². The van der Waals surface area contributed by atoms with Gasteiger partial charge in [0.25, 0.3) is 0 Å². The summed E-state index contributed by atoms with van der Waals surface area (Å²) in [6.07, 6.45) is 1.71. The Hall–Kier alpha value is -2.10. The van der Waals surface area contributed by atoms with E-state index >= 15 is 0 Å². The summed E-state index contributed by atoms with van der Waals surface area (Å²) in [4.78, 5) is 8.38. The van der Waals surface area contributed by atoms with E-state index in [0.717, 1.165) is 5.69 Å². The minimum absolute atomic E-state index is 0.426. The quantitative estimate of drug-likeness (QED) is 0.803. The van der Waals surface area contributed by atoms with Gasteiger partial charge in [-0.25, -0.2) is 4.98 Å². The van der Waals surface area contributed by atoms with Crippen molar-refractivity contribution in [1.29, 1.82) is 0 Å². The van der Waals surface area contributed by atoms with Gasteiger partial charge in [0.1, 0.15) is 11.6 Å². The molecule has 2 N–H and O–H groups in total. The van der Waals surface area contributed by atoms with Crippen LogP contribution in [0.4, 0.5) is 5.82 Å². The average molecular weight is 201 g/mol. The van der Waals surface area contributed by atoms with Crippen LogP contribution in [0.25, 0.3) is 11.4 Å². The molecule has 2 aromatic rings. The molecule has 15 heavy (non-hydrogen) atoms. The zero-order valence-corrected chi connectivity index (χ0v) is 8.34. The average Bonchev–Trinajstić information content (AvgIpc) is 2.29. The molecule has 0 atom stereocenters. The van der Waals surface area contributed by atoms with E-state index in [1.165, 1.54) is 0 Å². The minimum atomic E-state index is 0.426. The lowest BCUT2D eigenvalue weighted by Gasteiger charge is -2.04. The number of nitrogens with two attached hydrogens (primary N) is 1. The summed E-state index contributed by atoms with van der Waals surface area (Å²) >= 11 is 0. The summed E-state index contributed by atoms with van der Waals surface area (Å²) < 4.78 is 5.11. The number of anilines is 1. The van der Waals surface area contributed by atoms with Crippen molar-refractivity contribution in [3.8, 4) is 17.1 Å². The van der Waals surface area contributed by atoms with Gasteiger partial charge in [0.2, 0.25) is 0 Å². The van der Waals surface area contributed by atoms with Crippen LogP contribution < -0.4 is 10.5 Å². The highest BCUT2D eigenvalue weighted by Crippen LogP contribution is 2.21. The number of pyridine rings is 2. The normalized spacial score (nSPS) is 9.93. The highest BCUT2D eigenvalue weighted by Gasteiger charge is 2.03. The molecule has 76 valence electrons. The zero-order valence-electron chi connectivity index (χ0n) is 8.34. The molecule has 0 spiro atoms. The molecule has 0 amide bonds. The van der Waals surface area contributed by atoms with E-state index in [4.69, 9.17) is 10.5 Å². The first kappa shape index (κ1) is 9.45. The summed E-state index contributed by atoms with van der Waals surface area (Å²) in [6.45, 7) is 0. The molecule has 2 heterocycles. The van der Waals surface area contributed by atoms with Crippen LogP contribution in [0.3, 0.4) is 0 Å². The molecule has 0 fully saturated rings. The van der Waals surface area contributed by atoms with Gasteiger partial charge in [-0.15, -0.1) is 0 Å².